The Hall–Kier alpha value is -2.82. The first kappa shape index (κ1) is 13.2. The standard InChI is InChI=1S/C16H13NO4/c1-2-19-16(18)11-3-5-12(6-4-11)21-15-13-8-10-20-14(13)7-9-17-15/h3-10H,2H2,1H3. The lowest BCUT2D eigenvalue weighted by Crippen LogP contribution is -2.04. The van der Waals surface area contributed by atoms with Gasteiger partial charge < -0.3 is 13.9 Å². The number of aromatic nitrogens is 1. The van der Waals surface area contributed by atoms with E-state index in [0.29, 0.717) is 29.4 Å². The smallest absolute Gasteiger partial charge is 0.338 e. The Kier molecular flexibility index (Phi) is 3.55. The Morgan fingerprint density at radius 1 is 1.19 bits per heavy atom. The van der Waals surface area contributed by atoms with Gasteiger partial charge in [0.05, 0.1) is 23.8 Å². The number of fused-ring (bicyclic) bond motifs is 1. The van der Waals surface area contributed by atoms with Gasteiger partial charge in [-0.25, -0.2) is 9.78 Å². The molecule has 2 aromatic heterocycles. The summed E-state index contributed by atoms with van der Waals surface area (Å²) in [5.41, 5.74) is 1.20. The monoisotopic (exact) mass is 283 g/mol. The Balaban J connectivity index is 1.82. The minimum absolute atomic E-state index is 0.348. The van der Waals surface area contributed by atoms with E-state index in [2.05, 4.69) is 4.98 Å². The second-order valence-electron chi connectivity index (χ2n) is 4.30. The van der Waals surface area contributed by atoms with Crippen LogP contribution in [-0.2, 0) is 4.74 Å². The van der Waals surface area contributed by atoms with Crippen molar-refractivity contribution in [3.05, 3.63) is 54.4 Å². The fraction of sp³-hybridized carbons (Fsp3) is 0.125. The highest BCUT2D eigenvalue weighted by Crippen LogP contribution is 2.28. The number of pyridine rings is 1. The highest BCUT2D eigenvalue weighted by molar-refractivity contribution is 5.89. The molecule has 5 nitrogen and oxygen atoms in total. The summed E-state index contributed by atoms with van der Waals surface area (Å²) < 4.78 is 15.9. The third kappa shape index (κ3) is 2.72. The van der Waals surface area contributed by atoms with Crippen LogP contribution < -0.4 is 4.74 Å². The SMILES string of the molecule is CCOC(=O)c1ccc(Oc2nccc3occc23)cc1. The predicted molar refractivity (Wildman–Crippen MR) is 76.5 cm³/mol. The fourth-order valence-electron chi connectivity index (χ4n) is 1.94. The largest absolute Gasteiger partial charge is 0.464 e. The number of hydrogen-bond acceptors (Lipinski definition) is 5. The average Bonchev–Trinajstić information content (AvgIpc) is 2.98. The number of esters is 1. The van der Waals surface area contributed by atoms with E-state index in [0.717, 1.165) is 5.39 Å². The van der Waals surface area contributed by atoms with E-state index in [4.69, 9.17) is 13.9 Å². The van der Waals surface area contributed by atoms with Gasteiger partial charge in [-0.1, -0.05) is 0 Å². The van der Waals surface area contributed by atoms with E-state index in [1.54, 1.807) is 55.8 Å². The maximum absolute atomic E-state index is 11.6. The number of rotatable bonds is 4. The molecule has 0 bridgehead atoms. The average molecular weight is 283 g/mol. The van der Waals surface area contributed by atoms with E-state index in [-0.39, 0.29) is 5.97 Å². The summed E-state index contributed by atoms with van der Waals surface area (Å²) in [6.45, 7) is 2.12. The molecule has 106 valence electrons. The molecule has 0 saturated heterocycles. The zero-order valence-corrected chi connectivity index (χ0v) is 11.4. The van der Waals surface area contributed by atoms with Crippen molar-refractivity contribution in [2.75, 3.05) is 6.61 Å². The van der Waals surface area contributed by atoms with Crippen LogP contribution in [0.2, 0.25) is 0 Å². The summed E-state index contributed by atoms with van der Waals surface area (Å²) in [5, 5.41) is 0.798. The van der Waals surface area contributed by atoms with Gasteiger partial charge in [-0.3, -0.25) is 0 Å². The van der Waals surface area contributed by atoms with E-state index < -0.39 is 0 Å². The lowest BCUT2D eigenvalue weighted by Gasteiger charge is -2.06. The maximum Gasteiger partial charge on any atom is 0.338 e. The molecule has 1 aromatic carbocycles. The van der Waals surface area contributed by atoms with Crippen molar-refractivity contribution in [2.45, 2.75) is 6.92 Å². The molecule has 5 heteroatoms. The van der Waals surface area contributed by atoms with Gasteiger partial charge in [0, 0.05) is 6.20 Å². The van der Waals surface area contributed by atoms with Crippen LogP contribution in [0.15, 0.2) is 53.3 Å². The molecule has 0 N–H and O–H groups in total. The van der Waals surface area contributed by atoms with Gasteiger partial charge in [0.2, 0.25) is 5.88 Å². The van der Waals surface area contributed by atoms with Crippen LogP contribution in [0.1, 0.15) is 17.3 Å². The molecule has 0 saturated carbocycles. The van der Waals surface area contributed by atoms with E-state index >= 15 is 0 Å². The molecular weight excluding hydrogens is 270 g/mol. The number of carbonyl (C=O) groups is 1. The summed E-state index contributed by atoms with van der Waals surface area (Å²) in [5.74, 6) is 0.702. The number of furan rings is 1. The normalized spacial score (nSPS) is 10.5. The molecule has 21 heavy (non-hydrogen) atoms. The number of hydrogen-bond donors (Lipinski definition) is 0. The molecule has 2 heterocycles. The van der Waals surface area contributed by atoms with Gasteiger partial charge in [0.25, 0.3) is 0 Å². The maximum atomic E-state index is 11.6. The van der Waals surface area contributed by atoms with Crippen LogP contribution in [0.5, 0.6) is 11.6 Å². The van der Waals surface area contributed by atoms with Crippen molar-refractivity contribution in [1.82, 2.24) is 4.98 Å². The van der Waals surface area contributed by atoms with E-state index in [9.17, 15) is 4.79 Å². The van der Waals surface area contributed by atoms with Crippen LogP contribution in [-0.4, -0.2) is 17.6 Å². The molecule has 0 radical (unpaired) electrons. The molecule has 0 aliphatic rings. The summed E-state index contributed by atoms with van der Waals surface area (Å²) in [6.07, 6.45) is 3.21. The Morgan fingerprint density at radius 2 is 2.00 bits per heavy atom. The molecule has 0 aliphatic heterocycles. The number of nitrogens with zero attached hydrogens (tertiary/aromatic N) is 1. The van der Waals surface area contributed by atoms with E-state index in [1.165, 1.54) is 0 Å². The molecule has 3 rings (SSSR count). The van der Waals surface area contributed by atoms with Crippen LogP contribution in [0, 0.1) is 0 Å². The van der Waals surface area contributed by atoms with Crippen molar-refractivity contribution in [1.29, 1.82) is 0 Å². The van der Waals surface area contributed by atoms with Crippen molar-refractivity contribution in [3.8, 4) is 11.6 Å². The molecule has 3 aromatic rings. The number of benzene rings is 1. The lowest BCUT2D eigenvalue weighted by molar-refractivity contribution is 0.0526. The zero-order chi connectivity index (χ0) is 14.7. The molecule has 0 aliphatic carbocycles. The summed E-state index contributed by atoms with van der Waals surface area (Å²) in [6, 6.07) is 10.3. The highest BCUT2D eigenvalue weighted by Gasteiger charge is 2.09. The van der Waals surface area contributed by atoms with Gasteiger partial charge in [-0.15, -0.1) is 0 Å². The lowest BCUT2D eigenvalue weighted by atomic mass is 10.2. The predicted octanol–water partition coefficient (Wildman–Crippen LogP) is 3.80. The molecule has 0 amide bonds. The molecule has 0 fully saturated rings. The van der Waals surface area contributed by atoms with Gasteiger partial charge in [0.15, 0.2) is 0 Å². The van der Waals surface area contributed by atoms with Gasteiger partial charge in [-0.05, 0) is 43.3 Å². The van der Waals surface area contributed by atoms with Crippen molar-refractivity contribution < 1.29 is 18.7 Å². The van der Waals surface area contributed by atoms with Crippen LogP contribution >= 0.6 is 0 Å². The zero-order valence-electron chi connectivity index (χ0n) is 11.4. The van der Waals surface area contributed by atoms with Crippen LogP contribution in [0.3, 0.4) is 0 Å². The summed E-state index contributed by atoms with van der Waals surface area (Å²) in [7, 11) is 0. The van der Waals surface area contributed by atoms with Crippen molar-refractivity contribution in [3.63, 3.8) is 0 Å². The quantitative estimate of drug-likeness (QED) is 0.681. The van der Waals surface area contributed by atoms with Crippen molar-refractivity contribution >= 4 is 16.9 Å². The third-order valence-corrected chi connectivity index (χ3v) is 2.92. The highest BCUT2D eigenvalue weighted by atomic mass is 16.5. The minimum Gasteiger partial charge on any atom is -0.464 e. The first-order valence-corrected chi connectivity index (χ1v) is 6.55. The first-order chi connectivity index (χ1) is 10.3. The van der Waals surface area contributed by atoms with Gasteiger partial charge in [0.1, 0.15) is 11.3 Å². The Bertz CT molecular complexity index is 761. The molecule has 0 spiro atoms. The second-order valence-corrected chi connectivity index (χ2v) is 4.30. The number of carbonyl (C=O) groups excluding carboxylic acids is 1. The minimum atomic E-state index is -0.348. The second kappa shape index (κ2) is 5.66. The molecule has 0 unspecified atom stereocenters. The van der Waals surface area contributed by atoms with Crippen LogP contribution in [0.4, 0.5) is 0 Å². The van der Waals surface area contributed by atoms with Crippen LogP contribution in [0.25, 0.3) is 11.0 Å². The van der Waals surface area contributed by atoms with E-state index in [1.807, 2.05) is 0 Å². The third-order valence-electron chi connectivity index (χ3n) is 2.92. The van der Waals surface area contributed by atoms with Gasteiger partial charge in [-0.2, -0.15) is 0 Å². The molecular formula is C16H13NO4. The Labute approximate surface area is 121 Å². The Morgan fingerprint density at radius 3 is 2.76 bits per heavy atom. The van der Waals surface area contributed by atoms with Crippen molar-refractivity contribution in [2.24, 2.45) is 0 Å². The number of ether oxygens (including phenoxy) is 2. The molecule has 0 atom stereocenters. The fourth-order valence-corrected chi connectivity index (χ4v) is 1.94. The topological polar surface area (TPSA) is 61.6 Å². The summed E-state index contributed by atoms with van der Waals surface area (Å²) >= 11 is 0. The first-order valence-electron chi connectivity index (χ1n) is 6.55. The van der Waals surface area contributed by atoms with Gasteiger partial charge >= 0.3 is 5.97 Å². The summed E-state index contributed by atoms with van der Waals surface area (Å²) in [4.78, 5) is 15.8.